The first kappa shape index (κ1) is 27.0. The molecular weight excluding hydrogens is 446 g/mol. The fourth-order valence-electron chi connectivity index (χ4n) is 3.89. The van der Waals surface area contributed by atoms with Crippen LogP contribution in [-0.2, 0) is 29.0 Å². The molecule has 0 aliphatic carbocycles. The molecule has 2 unspecified atom stereocenters. The van der Waals surface area contributed by atoms with Crippen LogP contribution in [0.1, 0.15) is 45.1 Å². The van der Waals surface area contributed by atoms with Gasteiger partial charge >= 0.3 is 0 Å². The Morgan fingerprint density at radius 3 is 2.45 bits per heavy atom. The molecule has 9 nitrogen and oxygen atoms in total. The molecule has 0 spiro atoms. The van der Waals surface area contributed by atoms with Crippen molar-refractivity contribution >= 4 is 27.7 Å². The predicted molar refractivity (Wildman–Crippen MR) is 126 cm³/mol. The molecule has 4 N–H and O–H groups in total. The lowest BCUT2D eigenvalue weighted by atomic mass is 9.81. The third-order valence-electron chi connectivity index (χ3n) is 5.50. The van der Waals surface area contributed by atoms with Crippen molar-refractivity contribution in [3.8, 4) is 0 Å². The Bertz CT molecular complexity index is 898. The lowest BCUT2D eigenvalue weighted by Crippen LogP contribution is -2.51. The van der Waals surface area contributed by atoms with Gasteiger partial charge in [-0.3, -0.25) is 15.0 Å². The number of carbonyl (C=O) groups is 2. The van der Waals surface area contributed by atoms with Crippen molar-refractivity contribution in [2.45, 2.75) is 51.1 Å². The van der Waals surface area contributed by atoms with Crippen LogP contribution in [0, 0.1) is 17.8 Å². The second kappa shape index (κ2) is 12.8. The van der Waals surface area contributed by atoms with Crippen LogP contribution in [0.5, 0.6) is 0 Å². The van der Waals surface area contributed by atoms with E-state index in [1.165, 1.54) is 6.08 Å². The molecule has 2 rings (SSSR count). The molecule has 2 amide bonds. The van der Waals surface area contributed by atoms with Crippen molar-refractivity contribution in [3.63, 3.8) is 0 Å². The van der Waals surface area contributed by atoms with Crippen LogP contribution in [-0.4, -0.2) is 44.6 Å². The predicted octanol–water partition coefficient (Wildman–Crippen LogP) is 1.96. The Morgan fingerprint density at radius 1 is 1.21 bits per heavy atom. The molecule has 0 radical (unpaired) electrons. The summed E-state index contributed by atoms with van der Waals surface area (Å²) in [5.74, 6) is 1.81. The summed E-state index contributed by atoms with van der Waals surface area (Å²) in [4.78, 5) is 31.4. The number of nitrogens with one attached hydrogen (secondary N) is 2. The van der Waals surface area contributed by atoms with E-state index in [1.807, 2.05) is 44.2 Å². The van der Waals surface area contributed by atoms with E-state index in [4.69, 9.17) is 15.4 Å². The van der Waals surface area contributed by atoms with Crippen molar-refractivity contribution in [2.75, 3.05) is 12.9 Å². The molecule has 1 aliphatic heterocycles. The molecule has 0 aromatic heterocycles. The van der Waals surface area contributed by atoms with Gasteiger partial charge in [-0.2, -0.15) is 0 Å². The van der Waals surface area contributed by atoms with Crippen molar-refractivity contribution in [2.24, 2.45) is 23.6 Å². The molecule has 1 heterocycles. The van der Waals surface area contributed by atoms with Crippen molar-refractivity contribution in [3.05, 3.63) is 42.0 Å². The number of hydrogen-bond donors (Lipinski definition) is 3. The number of benzene rings is 1. The SMILES string of the molecule is CC(C)C[C@@H](C(=O)NN)[C@@H](C(=O)NOC1CCCCO1)C(/C=C/c1ccccc1)S(C)(=O)=O. The Labute approximate surface area is 195 Å². The largest absolute Gasteiger partial charge is 0.350 e. The molecule has 0 bridgehead atoms. The molecule has 184 valence electrons. The van der Waals surface area contributed by atoms with Crippen LogP contribution in [0.25, 0.3) is 6.08 Å². The Kier molecular flexibility index (Phi) is 10.5. The van der Waals surface area contributed by atoms with E-state index in [1.54, 1.807) is 6.08 Å². The molecular formula is C23H35N3O6S. The van der Waals surface area contributed by atoms with E-state index >= 15 is 0 Å². The average Bonchev–Trinajstić information content (AvgIpc) is 2.79. The zero-order valence-electron chi connectivity index (χ0n) is 19.4. The van der Waals surface area contributed by atoms with E-state index < -0.39 is 45.0 Å². The zero-order valence-corrected chi connectivity index (χ0v) is 20.2. The highest BCUT2D eigenvalue weighted by molar-refractivity contribution is 7.91. The maximum absolute atomic E-state index is 13.3. The van der Waals surface area contributed by atoms with Crippen LogP contribution < -0.4 is 16.7 Å². The van der Waals surface area contributed by atoms with E-state index in [-0.39, 0.29) is 12.3 Å². The van der Waals surface area contributed by atoms with Gasteiger partial charge in [0.25, 0.3) is 0 Å². The lowest BCUT2D eigenvalue weighted by molar-refractivity contribution is -0.202. The summed E-state index contributed by atoms with van der Waals surface area (Å²) in [6.45, 7) is 4.28. The summed E-state index contributed by atoms with van der Waals surface area (Å²) in [6, 6.07) is 9.11. The lowest BCUT2D eigenvalue weighted by Gasteiger charge is -2.31. The third kappa shape index (κ3) is 8.54. The molecule has 1 fully saturated rings. The second-order valence-electron chi connectivity index (χ2n) is 8.71. The zero-order chi connectivity index (χ0) is 24.4. The van der Waals surface area contributed by atoms with E-state index in [0.717, 1.165) is 24.7 Å². The first-order chi connectivity index (χ1) is 15.6. The number of carbonyl (C=O) groups excluding carboxylic acids is 2. The molecule has 33 heavy (non-hydrogen) atoms. The van der Waals surface area contributed by atoms with E-state index in [9.17, 15) is 18.0 Å². The fourth-order valence-corrected chi connectivity index (χ4v) is 5.10. The standard InChI is InChI=1S/C23H35N3O6S/c1-16(2)15-18(22(27)25-24)21(23(28)26-32-20-11-7-8-14-31-20)19(33(3,29)30)13-12-17-9-5-4-6-10-17/h4-6,9-10,12-13,16,18-21H,7-8,11,14-15,24H2,1-3H3,(H,25,27)(H,26,28)/b13-12+/t18-,19?,20?,21-/m1/s1. The van der Waals surface area contributed by atoms with E-state index in [0.29, 0.717) is 13.0 Å². The van der Waals surface area contributed by atoms with Crippen LogP contribution in [0.3, 0.4) is 0 Å². The van der Waals surface area contributed by atoms with Gasteiger partial charge in [-0.25, -0.2) is 24.6 Å². The van der Waals surface area contributed by atoms with Crippen LogP contribution >= 0.6 is 0 Å². The minimum absolute atomic E-state index is 0.00325. The Morgan fingerprint density at radius 2 is 1.91 bits per heavy atom. The number of ether oxygens (including phenoxy) is 1. The smallest absolute Gasteiger partial charge is 0.249 e. The van der Waals surface area contributed by atoms with Crippen molar-refractivity contribution in [1.29, 1.82) is 0 Å². The summed E-state index contributed by atoms with van der Waals surface area (Å²) in [5, 5.41) is -1.28. The number of sulfone groups is 1. The topological polar surface area (TPSA) is 137 Å². The third-order valence-corrected chi connectivity index (χ3v) is 6.93. The number of rotatable bonds is 11. The summed E-state index contributed by atoms with van der Waals surface area (Å²) >= 11 is 0. The van der Waals surface area contributed by atoms with Crippen molar-refractivity contribution < 1.29 is 27.6 Å². The van der Waals surface area contributed by atoms with Gasteiger partial charge < -0.3 is 4.74 Å². The molecule has 1 aromatic rings. The normalized spacial score (nSPS) is 19.7. The van der Waals surface area contributed by atoms with Crippen LogP contribution in [0.15, 0.2) is 36.4 Å². The molecule has 4 atom stereocenters. The average molecular weight is 482 g/mol. The van der Waals surface area contributed by atoms with Gasteiger partial charge in [0.1, 0.15) is 0 Å². The summed E-state index contributed by atoms with van der Waals surface area (Å²) in [6.07, 6.45) is 6.16. The minimum atomic E-state index is -3.80. The first-order valence-electron chi connectivity index (χ1n) is 11.1. The maximum atomic E-state index is 13.3. The number of hydrazine groups is 1. The second-order valence-corrected chi connectivity index (χ2v) is 10.9. The number of hydroxylamine groups is 1. The quantitative estimate of drug-likeness (QED) is 0.250. The molecule has 1 saturated heterocycles. The minimum Gasteiger partial charge on any atom is -0.350 e. The number of nitrogens with two attached hydrogens (primary N) is 1. The van der Waals surface area contributed by atoms with Crippen molar-refractivity contribution in [1.82, 2.24) is 10.9 Å². The maximum Gasteiger partial charge on any atom is 0.249 e. The Balaban J connectivity index is 2.41. The molecule has 1 aromatic carbocycles. The highest BCUT2D eigenvalue weighted by Crippen LogP contribution is 2.29. The highest BCUT2D eigenvalue weighted by Gasteiger charge is 2.43. The highest BCUT2D eigenvalue weighted by atomic mass is 32.2. The molecule has 0 saturated carbocycles. The Hall–Kier alpha value is -2.27. The van der Waals surface area contributed by atoms with Gasteiger partial charge in [-0.05, 0) is 30.7 Å². The summed E-state index contributed by atoms with van der Waals surface area (Å²) in [7, 11) is -3.80. The molecule has 1 aliphatic rings. The van der Waals surface area contributed by atoms with Gasteiger partial charge in [0.05, 0.1) is 17.1 Å². The van der Waals surface area contributed by atoms with Gasteiger partial charge in [0, 0.05) is 19.3 Å². The molecule has 10 heteroatoms. The van der Waals surface area contributed by atoms with Gasteiger partial charge in [-0.1, -0.05) is 56.3 Å². The summed E-state index contributed by atoms with van der Waals surface area (Å²) in [5.41, 5.74) is 5.21. The number of amides is 2. The number of hydrogen-bond acceptors (Lipinski definition) is 7. The monoisotopic (exact) mass is 481 g/mol. The van der Waals surface area contributed by atoms with Gasteiger partial charge in [0.15, 0.2) is 16.1 Å². The van der Waals surface area contributed by atoms with Gasteiger partial charge in [-0.15, -0.1) is 0 Å². The first-order valence-corrected chi connectivity index (χ1v) is 13.1. The van der Waals surface area contributed by atoms with Crippen LogP contribution in [0.2, 0.25) is 0 Å². The van der Waals surface area contributed by atoms with E-state index in [2.05, 4.69) is 10.9 Å². The fraction of sp³-hybridized carbons (Fsp3) is 0.565. The van der Waals surface area contributed by atoms with Gasteiger partial charge in [0.2, 0.25) is 11.8 Å². The van der Waals surface area contributed by atoms with Crippen LogP contribution in [0.4, 0.5) is 0 Å². The summed E-state index contributed by atoms with van der Waals surface area (Å²) < 4.78 is 31.2.